The molecule has 0 atom stereocenters. The molecule has 7 heteroatoms. The first-order chi connectivity index (χ1) is 11.9. The maximum Gasteiger partial charge on any atom is 0.246 e. The van der Waals surface area contributed by atoms with Crippen molar-refractivity contribution in [3.05, 3.63) is 46.8 Å². The second-order valence-corrected chi connectivity index (χ2v) is 8.31. The summed E-state index contributed by atoms with van der Waals surface area (Å²) in [6.07, 6.45) is 2.91. The van der Waals surface area contributed by atoms with Crippen molar-refractivity contribution in [2.45, 2.75) is 44.6 Å². The molecule has 1 aliphatic heterocycles. The van der Waals surface area contributed by atoms with Crippen LogP contribution in [0.25, 0.3) is 0 Å². The number of piperidine rings is 1. The molecule has 132 valence electrons. The first-order valence-electron chi connectivity index (χ1n) is 8.46. The van der Waals surface area contributed by atoms with Crippen LogP contribution in [0.15, 0.2) is 29.2 Å². The third-order valence-electron chi connectivity index (χ3n) is 4.64. The Kier molecular flexibility index (Phi) is 4.93. The molecule has 1 saturated heterocycles. The molecule has 6 nitrogen and oxygen atoms in total. The average Bonchev–Trinajstić information content (AvgIpc) is 2.90. The van der Waals surface area contributed by atoms with Crippen LogP contribution in [0.4, 0.5) is 0 Å². The number of aromatic nitrogens is 2. The zero-order valence-electron chi connectivity index (χ0n) is 14.6. The molecule has 0 bridgehead atoms. The molecule has 0 radical (unpaired) electrons. The zero-order valence-corrected chi connectivity index (χ0v) is 15.4. The number of aryl methyl sites for hydroxylation is 1. The Balaban J connectivity index is 1.91. The van der Waals surface area contributed by atoms with Gasteiger partial charge in [0.25, 0.3) is 0 Å². The smallest absolute Gasteiger partial charge is 0.246 e. The highest BCUT2D eigenvalue weighted by molar-refractivity contribution is 7.89. The molecule has 25 heavy (non-hydrogen) atoms. The molecular formula is C18H22N4O2S. The molecule has 0 N–H and O–H groups in total. The summed E-state index contributed by atoms with van der Waals surface area (Å²) in [6.45, 7) is 5.21. The monoisotopic (exact) mass is 358 g/mol. The van der Waals surface area contributed by atoms with Crippen molar-refractivity contribution in [2.75, 3.05) is 13.1 Å². The summed E-state index contributed by atoms with van der Waals surface area (Å²) in [4.78, 5) is 0.336. The van der Waals surface area contributed by atoms with E-state index in [1.54, 1.807) is 35.0 Å². The van der Waals surface area contributed by atoms with E-state index in [1.165, 1.54) is 0 Å². The molecule has 0 saturated carbocycles. The summed E-state index contributed by atoms with van der Waals surface area (Å²) in [5.74, 6) is 0. The second-order valence-electron chi connectivity index (χ2n) is 6.43. The van der Waals surface area contributed by atoms with E-state index >= 15 is 0 Å². The lowest BCUT2D eigenvalue weighted by molar-refractivity contribution is 0.346. The maximum atomic E-state index is 13.0. The highest BCUT2D eigenvalue weighted by Gasteiger charge is 2.31. The van der Waals surface area contributed by atoms with Gasteiger partial charge in [-0.1, -0.05) is 18.6 Å². The minimum Gasteiger partial charge on any atom is -0.264 e. The fraction of sp³-hybridized carbons (Fsp3) is 0.444. The molecule has 1 aromatic heterocycles. The Morgan fingerprint density at radius 1 is 1.12 bits per heavy atom. The zero-order chi connectivity index (χ0) is 18.0. The van der Waals surface area contributed by atoms with Gasteiger partial charge in [-0.25, -0.2) is 8.42 Å². The van der Waals surface area contributed by atoms with Crippen molar-refractivity contribution in [2.24, 2.45) is 0 Å². The van der Waals surface area contributed by atoms with Crippen LogP contribution in [0.3, 0.4) is 0 Å². The third kappa shape index (κ3) is 3.46. The predicted molar refractivity (Wildman–Crippen MR) is 94.6 cm³/mol. The summed E-state index contributed by atoms with van der Waals surface area (Å²) in [5.41, 5.74) is 2.78. The van der Waals surface area contributed by atoms with Crippen LogP contribution in [0.2, 0.25) is 0 Å². The lowest BCUT2D eigenvalue weighted by Crippen LogP contribution is -2.36. The number of sulfonamides is 1. The molecule has 0 aliphatic carbocycles. The predicted octanol–water partition coefficient (Wildman–Crippen LogP) is 2.59. The van der Waals surface area contributed by atoms with Gasteiger partial charge in [0.05, 0.1) is 29.6 Å². The van der Waals surface area contributed by atoms with Gasteiger partial charge in [-0.3, -0.25) is 4.68 Å². The standard InChI is InChI=1S/C18H22N4O2S/c1-14-18(25(23,24)21-10-4-3-5-11-21)15(2)22(20-14)13-17-8-6-16(12-19)7-9-17/h6-9H,3-5,10-11,13H2,1-2H3. The van der Waals surface area contributed by atoms with Crippen molar-refractivity contribution in [1.82, 2.24) is 14.1 Å². The van der Waals surface area contributed by atoms with Crippen molar-refractivity contribution in [1.29, 1.82) is 5.26 Å². The Morgan fingerprint density at radius 2 is 1.76 bits per heavy atom. The maximum absolute atomic E-state index is 13.0. The lowest BCUT2D eigenvalue weighted by Gasteiger charge is -2.26. The van der Waals surface area contributed by atoms with Crippen molar-refractivity contribution >= 4 is 10.0 Å². The number of hydrogen-bond donors (Lipinski definition) is 0. The molecular weight excluding hydrogens is 336 g/mol. The van der Waals surface area contributed by atoms with Gasteiger partial charge in [0.1, 0.15) is 4.90 Å². The first kappa shape index (κ1) is 17.6. The summed E-state index contributed by atoms with van der Waals surface area (Å²) < 4.78 is 29.3. The average molecular weight is 358 g/mol. The summed E-state index contributed by atoms with van der Waals surface area (Å²) >= 11 is 0. The van der Waals surface area contributed by atoms with Gasteiger partial charge in [0.15, 0.2) is 0 Å². The summed E-state index contributed by atoms with van der Waals surface area (Å²) in [6, 6.07) is 9.34. The molecule has 0 unspecified atom stereocenters. The SMILES string of the molecule is Cc1nn(Cc2ccc(C#N)cc2)c(C)c1S(=O)(=O)N1CCCCC1. The van der Waals surface area contributed by atoms with Crippen LogP contribution in [0, 0.1) is 25.2 Å². The van der Waals surface area contributed by atoms with Gasteiger partial charge in [0.2, 0.25) is 10.0 Å². The fourth-order valence-electron chi connectivity index (χ4n) is 3.30. The number of nitriles is 1. The molecule has 0 spiro atoms. The third-order valence-corrected chi connectivity index (χ3v) is 6.80. The minimum absolute atomic E-state index is 0.336. The Hall–Kier alpha value is -2.17. The molecule has 1 fully saturated rings. The first-order valence-corrected chi connectivity index (χ1v) is 9.90. The van der Waals surface area contributed by atoms with Gasteiger partial charge in [-0.15, -0.1) is 0 Å². The van der Waals surface area contributed by atoms with Gasteiger partial charge in [-0.2, -0.15) is 14.7 Å². The van der Waals surface area contributed by atoms with Crippen LogP contribution in [-0.2, 0) is 16.6 Å². The highest BCUT2D eigenvalue weighted by atomic mass is 32.2. The van der Waals surface area contributed by atoms with Gasteiger partial charge < -0.3 is 0 Å². The molecule has 1 aliphatic rings. The largest absolute Gasteiger partial charge is 0.264 e. The van der Waals surface area contributed by atoms with Crippen LogP contribution >= 0.6 is 0 Å². The quantitative estimate of drug-likeness (QED) is 0.841. The molecule has 2 heterocycles. The Bertz CT molecular complexity index is 902. The van der Waals surface area contributed by atoms with E-state index in [0.29, 0.717) is 41.5 Å². The van der Waals surface area contributed by atoms with Gasteiger partial charge >= 0.3 is 0 Å². The van der Waals surface area contributed by atoms with Crippen LogP contribution < -0.4 is 0 Å². The van der Waals surface area contributed by atoms with Crippen LogP contribution in [-0.4, -0.2) is 35.6 Å². The molecule has 0 amide bonds. The van der Waals surface area contributed by atoms with Crippen LogP contribution in [0.1, 0.15) is 41.8 Å². The number of nitrogens with zero attached hydrogens (tertiary/aromatic N) is 4. The van der Waals surface area contributed by atoms with E-state index in [9.17, 15) is 8.42 Å². The highest BCUT2D eigenvalue weighted by Crippen LogP contribution is 2.26. The number of rotatable bonds is 4. The van der Waals surface area contributed by atoms with Crippen LogP contribution in [0.5, 0.6) is 0 Å². The lowest BCUT2D eigenvalue weighted by atomic mass is 10.1. The molecule has 3 rings (SSSR count). The van der Waals surface area contributed by atoms with E-state index in [-0.39, 0.29) is 0 Å². The fourth-order valence-corrected chi connectivity index (χ4v) is 5.19. The van der Waals surface area contributed by atoms with E-state index in [2.05, 4.69) is 11.2 Å². The summed E-state index contributed by atoms with van der Waals surface area (Å²) in [7, 11) is -3.50. The normalized spacial score (nSPS) is 15.9. The van der Waals surface area contributed by atoms with Gasteiger partial charge in [0, 0.05) is 13.1 Å². The van der Waals surface area contributed by atoms with Gasteiger partial charge in [-0.05, 0) is 44.4 Å². The number of hydrogen-bond acceptors (Lipinski definition) is 4. The minimum atomic E-state index is -3.50. The molecule has 1 aromatic carbocycles. The molecule has 2 aromatic rings. The van der Waals surface area contributed by atoms with E-state index in [1.807, 2.05) is 12.1 Å². The summed E-state index contributed by atoms with van der Waals surface area (Å²) in [5, 5.41) is 13.3. The Morgan fingerprint density at radius 3 is 2.36 bits per heavy atom. The van der Waals surface area contributed by atoms with Crippen molar-refractivity contribution in [3.63, 3.8) is 0 Å². The Labute approximate surface area is 148 Å². The number of benzene rings is 1. The van der Waals surface area contributed by atoms with Crippen molar-refractivity contribution < 1.29 is 8.42 Å². The second kappa shape index (κ2) is 6.98. The van der Waals surface area contributed by atoms with E-state index < -0.39 is 10.0 Å². The topological polar surface area (TPSA) is 79.0 Å². The van der Waals surface area contributed by atoms with E-state index in [4.69, 9.17) is 5.26 Å². The van der Waals surface area contributed by atoms with Crippen molar-refractivity contribution in [3.8, 4) is 6.07 Å². The van der Waals surface area contributed by atoms with E-state index in [0.717, 1.165) is 24.8 Å².